The van der Waals surface area contributed by atoms with Crippen molar-refractivity contribution in [2.75, 3.05) is 4.90 Å². The fourth-order valence-electron chi connectivity index (χ4n) is 3.79. The standard InChI is InChI=1S/C21H18Cl2N2O2/c1-2-10-24-12-15(13-6-3-4-9-18(13)24)14-11-19(26)25(21(14)27)20-16(22)7-5-8-17(20)23/h3-9,12,14H,2,10-11H2,1H3. The number of amides is 2. The summed E-state index contributed by atoms with van der Waals surface area (Å²) in [6.45, 7) is 2.97. The minimum absolute atomic E-state index is 0.112. The second kappa shape index (κ2) is 7.02. The lowest BCUT2D eigenvalue weighted by atomic mass is 9.97. The fraction of sp³-hybridized carbons (Fsp3) is 0.238. The van der Waals surface area contributed by atoms with Gasteiger partial charge in [0.05, 0.1) is 21.7 Å². The highest BCUT2D eigenvalue weighted by Crippen LogP contribution is 2.42. The average Bonchev–Trinajstić information content (AvgIpc) is 3.14. The van der Waals surface area contributed by atoms with Gasteiger partial charge in [-0.2, -0.15) is 0 Å². The van der Waals surface area contributed by atoms with E-state index >= 15 is 0 Å². The number of para-hydroxylation sites is 2. The third-order valence-electron chi connectivity index (χ3n) is 4.97. The summed E-state index contributed by atoms with van der Waals surface area (Å²) in [5, 5.41) is 1.58. The normalized spacial score (nSPS) is 17.3. The number of carbonyl (C=O) groups is 2. The second-order valence-corrected chi connectivity index (χ2v) is 7.50. The number of aryl methyl sites for hydroxylation is 1. The molecular weight excluding hydrogens is 383 g/mol. The van der Waals surface area contributed by atoms with Crippen LogP contribution in [0.3, 0.4) is 0 Å². The smallest absolute Gasteiger partial charge is 0.242 e. The van der Waals surface area contributed by atoms with E-state index in [4.69, 9.17) is 23.2 Å². The molecule has 3 aromatic rings. The lowest BCUT2D eigenvalue weighted by Gasteiger charge is -2.18. The van der Waals surface area contributed by atoms with Gasteiger partial charge in [-0.15, -0.1) is 0 Å². The van der Waals surface area contributed by atoms with Gasteiger partial charge in [0.1, 0.15) is 0 Å². The summed E-state index contributed by atoms with van der Waals surface area (Å²) >= 11 is 12.5. The van der Waals surface area contributed by atoms with Gasteiger partial charge in [-0.25, -0.2) is 4.90 Å². The maximum Gasteiger partial charge on any atom is 0.242 e. The van der Waals surface area contributed by atoms with Gasteiger partial charge in [0.2, 0.25) is 11.8 Å². The Hall–Kier alpha value is -2.30. The van der Waals surface area contributed by atoms with Crippen LogP contribution in [0.4, 0.5) is 5.69 Å². The first-order valence-electron chi connectivity index (χ1n) is 8.91. The van der Waals surface area contributed by atoms with Crippen molar-refractivity contribution in [1.29, 1.82) is 0 Å². The highest BCUT2D eigenvalue weighted by atomic mass is 35.5. The third-order valence-corrected chi connectivity index (χ3v) is 5.58. The van der Waals surface area contributed by atoms with Gasteiger partial charge in [-0.1, -0.05) is 54.4 Å². The summed E-state index contributed by atoms with van der Waals surface area (Å²) in [6, 6.07) is 12.9. The number of hydrogen-bond donors (Lipinski definition) is 0. The van der Waals surface area contributed by atoms with Crippen LogP contribution >= 0.6 is 23.2 Å². The number of hydrogen-bond acceptors (Lipinski definition) is 2. The number of halogens is 2. The lowest BCUT2D eigenvalue weighted by Crippen LogP contribution is -2.30. The topological polar surface area (TPSA) is 42.3 Å². The predicted molar refractivity (Wildman–Crippen MR) is 109 cm³/mol. The molecule has 1 aliphatic heterocycles. The second-order valence-electron chi connectivity index (χ2n) is 6.69. The molecule has 2 aromatic carbocycles. The number of carbonyl (C=O) groups excluding carboxylic acids is 2. The average molecular weight is 401 g/mol. The molecule has 0 radical (unpaired) electrons. The van der Waals surface area contributed by atoms with E-state index in [1.807, 2.05) is 30.5 Å². The first-order valence-corrected chi connectivity index (χ1v) is 9.67. The van der Waals surface area contributed by atoms with Gasteiger partial charge in [0.15, 0.2) is 0 Å². The summed E-state index contributed by atoms with van der Waals surface area (Å²) in [5.74, 6) is -1.10. The van der Waals surface area contributed by atoms with Gasteiger partial charge in [-0.05, 0) is 30.2 Å². The van der Waals surface area contributed by atoms with Crippen molar-refractivity contribution >= 4 is 51.6 Å². The molecule has 1 fully saturated rings. The zero-order valence-corrected chi connectivity index (χ0v) is 16.3. The minimum Gasteiger partial charge on any atom is -0.347 e. The molecule has 1 aromatic heterocycles. The summed E-state index contributed by atoms with van der Waals surface area (Å²) in [5.41, 5.74) is 2.22. The van der Waals surface area contributed by atoms with Gasteiger partial charge >= 0.3 is 0 Å². The summed E-state index contributed by atoms with van der Waals surface area (Å²) < 4.78 is 2.15. The Labute approximate surface area is 167 Å². The van der Waals surface area contributed by atoms with E-state index in [1.165, 1.54) is 0 Å². The largest absolute Gasteiger partial charge is 0.347 e. The SMILES string of the molecule is CCCn1cc(C2CC(=O)N(c3c(Cl)cccc3Cl)C2=O)c2ccccc21. The Morgan fingerprint density at radius 1 is 1.04 bits per heavy atom. The van der Waals surface area contributed by atoms with Crippen LogP contribution < -0.4 is 4.90 Å². The van der Waals surface area contributed by atoms with Gasteiger partial charge in [0, 0.05) is 30.1 Å². The number of imide groups is 1. The first kappa shape index (κ1) is 18.1. The van der Waals surface area contributed by atoms with Crippen molar-refractivity contribution < 1.29 is 9.59 Å². The van der Waals surface area contributed by atoms with Crippen molar-refractivity contribution in [3.8, 4) is 0 Å². The van der Waals surface area contributed by atoms with Crippen LogP contribution in [0.5, 0.6) is 0 Å². The molecule has 1 saturated heterocycles. The van der Waals surface area contributed by atoms with E-state index in [2.05, 4.69) is 11.5 Å². The van der Waals surface area contributed by atoms with Gasteiger partial charge < -0.3 is 4.57 Å². The van der Waals surface area contributed by atoms with E-state index in [0.29, 0.717) is 10.0 Å². The zero-order chi connectivity index (χ0) is 19.1. The predicted octanol–water partition coefficient (Wildman–Crippen LogP) is 5.41. The third kappa shape index (κ3) is 2.93. The number of nitrogens with zero attached hydrogens (tertiary/aromatic N) is 2. The van der Waals surface area contributed by atoms with Crippen LogP contribution in [-0.4, -0.2) is 16.4 Å². The van der Waals surface area contributed by atoms with Gasteiger partial charge in [0.25, 0.3) is 0 Å². The minimum atomic E-state index is -0.534. The number of rotatable bonds is 4. The molecular formula is C21H18Cl2N2O2. The van der Waals surface area contributed by atoms with E-state index in [0.717, 1.165) is 34.3 Å². The summed E-state index contributed by atoms with van der Waals surface area (Å²) in [7, 11) is 0. The first-order chi connectivity index (χ1) is 13.0. The van der Waals surface area contributed by atoms with Crippen LogP contribution in [0, 0.1) is 0 Å². The Morgan fingerprint density at radius 2 is 1.74 bits per heavy atom. The Balaban J connectivity index is 1.80. The molecule has 2 amide bonds. The molecule has 1 atom stereocenters. The van der Waals surface area contributed by atoms with Crippen LogP contribution in [-0.2, 0) is 16.1 Å². The molecule has 138 valence electrons. The van der Waals surface area contributed by atoms with Crippen LogP contribution in [0.15, 0.2) is 48.7 Å². The molecule has 0 aliphatic carbocycles. The number of anilines is 1. The summed E-state index contributed by atoms with van der Waals surface area (Å²) in [4.78, 5) is 27.1. The van der Waals surface area contributed by atoms with Crippen LogP contribution in [0.2, 0.25) is 10.0 Å². The van der Waals surface area contributed by atoms with Crippen LogP contribution in [0.1, 0.15) is 31.2 Å². The maximum absolute atomic E-state index is 13.2. The van der Waals surface area contributed by atoms with E-state index in [-0.39, 0.29) is 23.9 Å². The van der Waals surface area contributed by atoms with Crippen molar-refractivity contribution in [2.24, 2.45) is 0 Å². The van der Waals surface area contributed by atoms with E-state index in [1.54, 1.807) is 18.2 Å². The molecule has 4 nitrogen and oxygen atoms in total. The monoisotopic (exact) mass is 400 g/mol. The Kier molecular flexibility index (Phi) is 4.70. The molecule has 6 heteroatoms. The highest BCUT2D eigenvalue weighted by Gasteiger charge is 2.43. The summed E-state index contributed by atoms with van der Waals surface area (Å²) in [6.07, 6.45) is 3.10. The van der Waals surface area contributed by atoms with Crippen molar-refractivity contribution in [3.05, 3.63) is 64.3 Å². The number of benzene rings is 2. The fourth-order valence-corrected chi connectivity index (χ4v) is 4.36. The Morgan fingerprint density at radius 3 is 2.44 bits per heavy atom. The van der Waals surface area contributed by atoms with Crippen LogP contribution in [0.25, 0.3) is 10.9 Å². The maximum atomic E-state index is 13.2. The molecule has 0 N–H and O–H groups in total. The molecule has 0 saturated carbocycles. The number of fused-ring (bicyclic) bond motifs is 1. The van der Waals surface area contributed by atoms with Crippen molar-refractivity contribution in [2.45, 2.75) is 32.2 Å². The molecule has 4 rings (SSSR count). The highest BCUT2D eigenvalue weighted by molar-refractivity contribution is 6.42. The molecule has 1 unspecified atom stereocenters. The van der Waals surface area contributed by atoms with Gasteiger partial charge in [-0.3, -0.25) is 9.59 Å². The molecule has 1 aliphatic rings. The molecule has 2 heterocycles. The lowest BCUT2D eigenvalue weighted by molar-refractivity contribution is -0.121. The molecule has 27 heavy (non-hydrogen) atoms. The Bertz CT molecular complexity index is 1040. The number of aromatic nitrogens is 1. The van der Waals surface area contributed by atoms with E-state index in [9.17, 15) is 9.59 Å². The molecule has 0 spiro atoms. The zero-order valence-electron chi connectivity index (χ0n) is 14.8. The molecule has 0 bridgehead atoms. The van der Waals surface area contributed by atoms with Crippen molar-refractivity contribution in [3.63, 3.8) is 0 Å². The van der Waals surface area contributed by atoms with E-state index < -0.39 is 5.92 Å². The van der Waals surface area contributed by atoms with Crippen molar-refractivity contribution in [1.82, 2.24) is 4.57 Å². The quantitative estimate of drug-likeness (QED) is 0.549.